The summed E-state index contributed by atoms with van der Waals surface area (Å²) in [4.78, 5) is 22.9. The lowest BCUT2D eigenvalue weighted by Gasteiger charge is -2.25. The van der Waals surface area contributed by atoms with E-state index in [1.807, 2.05) is 0 Å². The molecule has 0 radical (unpaired) electrons. The monoisotopic (exact) mass is 446 g/mol. The van der Waals surface area contributed by atoms with Crippen LogP contribution in [0.3, 0.4) is 0 Å². The molecule has 31 heavy (non-hydrogen) atoms. The number of para-hydroxylation sites is 2. The van der Waals surface area contributed by atoms with E-state index in [4.69, 9.17) is 0 Å². The number of anilines is 1. The van der Waals surface area contributed by atoms with Crippen LogP contribution in [0.4, 0.5) is 11.4 Å². The Bertz CT molecular complexity index is 1020. The van der Waals surface area contributed by atoms with Gasteiger partial charge in [-0.05, 0) is 36.6 Å². The highest BCUT2D eigenvalue weighted by Crippen LogP contribution is 2.23. The lowest BCUT2D eigenvalue weighted by molar-refractivity contribution is -0.384. The fourth-order valence-electron chi connectivity index (χ4n) is 3.42. The van der Waals surface area contributed by atoms with Gasteiger partial charge in [0.2, 0.25) is 15.9 Å². The molecule has 9 nitrogen and oxygen atoms in total. The molecule has 0 saturated carbocycles. The SMILES string of the molecule is O=C(CCNc1ccccc1[N+](=O)[O-])NCc1ccc(S(=O)(=O)N2CCCCC2)cc1. The highest BCUT2D eigenvalue weighted by molar-refractivity contribution is 7.89. The average molecular weight is 447 g/mol. The maximum absolute atomic E-state index is 12.7. The summed E-state index contributed by atoms with van der Waals surface area (Å²) in [6.07, 6.45) is 2.97. The van der Waals surface area contributed by atoms with Gasteiger partial charge in [0.15, 0.2) is 0 Å². The van der Waals surface area contributed by atoms with Crippen molar-refractivity contribution in [3.8, 4) is 0 Å². The number of amides is 1. The second-order valence-electron chi connectivity index (χ2n) is 7.34. The molecule has 0 bridgehead atoms. The molecule has 0 aliphatic carbocycles. The number of carbonyl (C=O) groups excluding carboxylic acids is 1. The number of benzene rings is 2. The van der Waals surface area contributed by atoms with E-state index in [1.165, 1.54) is 10.4 Å². The Morgan fingerprint density at radius 2 is 1.71 bits per heavy atom. The van der Waals surface area contributed by atoms with Crippen LogP contribution in [0.25, 0.3) is 0 Å². The van der Waals surface area contributed by atoms with Crippen LogP contribution in [-0.4, -0.2) is 43.2 Å². The van der Waals surface area contributed by atoms with Crippen LogP contribution in [0, 0.1) is 10.1 Å². The van der Waals surface area contributed by atoms with E-state index in [9.17, 15) is 23.3 Å². The lowest BCUT2D eigenvalue weighted by Crippen LogP contribution is -2.35. The van der Waals surface area contributed by atoms with Gasteiger partial charge >= 0.3 is 0 Å². The third kappa shape index (κ3) is 6.02. The van der Waals surface area contributed by atoms with Gasteiger partial charge in [-0.1, -0.05) is 30.7 Å². The first-order chi connectivity index (χ1) is 14.9. The van der Waals surface area contributed by atoms with Crippen LogP contribution in [0.15, 0.2) is 53.4 Å². The molecule has 2 N–H and O–H groups in total. The summed E-state index contributed by atoms with van der Waals surface area (Å²) in [5, 5.41) is 16.7. The molecule has 0 spiro atoms. The Balaban J connectivity index is 1.47. The van der Waals surface area contributed by atoms with Crippen LogP contribution in [-0.2, 0) is 21.4 Å². The molecule has 166 valence electrons. The zero-order chi connectivity index (χ0) is 22.3. The van der Waals surface area contributed by atoms with E-state index in [0.29, 0.717) is 18.8 Å². The molecule has 1 heterocycles. The van der Waals surface area contributed by atoms with Crippen LogP contribution >= 0.6 is 0 Å². The van der Waals surface area contributed by atoms with E-state index >= 15 is 0 Å². The van der Waals surface area contributed by atoms with Crippen molar-refractivity contribution in [2.75, 3.05) is 25.0 Å². The van der Waals surface area contributed by atoms with Crippen molar-refractivity contribution in [2.24, 2.45) is 0 Å². The minimum atomic E-state index is -3.47. The van der Waals surface area contributed by atoms with Crippen molar-refractivity contribution in [2.45, 2.75) is 37.1 Å². The van der Waals surface area contributed by atoms with Crippen molar-refractivity contribution in [3.63, 3.8) is 0 Å². The topological polar surface area (TPSA) is 122 Å². The fraction of sp³-hybridized carbons (Fsp3) is 0.381. The van der Waals surface area contributed by atoms with Gasteiger partial charge in [-0.2, -0.15) is 4.31 Å². The Hall–Kier alpha value is -2.98. The summed E-state index contributed by atoms with van der Waals surface area (Å²) in [7, 11) is -3.47. The Morgan fingerprint density at radius 1 is 1.03 bits per heavy atom. The standard InChI is InChI=1S/C21H26N4O5S/c26-21(12-13-22-19-6-2-3-7-20(19)25(27)28)23-16-17-8-10-18(11-9-17)31(29,30)24-14-4-1-5-15-24/h2-3,6-11,22H,1,4-5,12-16H2,(H,23,26). The molecule has 1 amide bonds. The highest BCUT2D eigenvalue weighted by atomic mass is 32.2. The number of nitro groups is 1. The van der Waals surface area contributed by atoms with Crippen molar-refractivity contribution < 1.29 is 18.1 Å². The summed E-state index contributed by atoms with van der Waals surface area (Å²) in [6, 6.07) is 12.8. The predicted molar refractivity (Wildman–Crippen MR) is 117 cm³/mol. The minimum Gasteiger partial charge on any atom is -0.379 e. The van der Waals surface area contributed by atoms with Gasteiger partial charge in [0.05, 0.1) is 9.82 Å². The highest BCUT2D eigenvalue weighted by Gasteiger charge is 2.25. The number of rotatable bonds is 9. The minimum absolute atomic E-state index is 0.0393. The van der Waals surface area contributed by atoms with Crippen molar-refractivity contribution in [3.05, 3.63) is 64.2 Å². The van der Waals surface area contributed by atoms with E-state index in [2.05, 4.69) is 10.6 Å². The Labute approximate surface area is 181 Å². The van der Waals surface area contributed by atoms with Crippen molar-refractivity contribution in [1.82, 2.24) is 9.62 Å². The number of hydrogen-bond donors (Lipinski definition) is 2. The molecule has 1 aliphatic rings. The van der Waals surface area contributed by atoms with Crippen LogP contribution in [0.5, 0.6) is 0 Å². The van der Waals surface area contributed by atoms with Gasteiger partial charge in [-0.25, -0.2) is 8.42 Å². The third-order valence-corrected chi connectivity index (χ3v) is 7.05. The molecule has 10 heteroatoms. The summed E-state index contributed by atoms with van der Waals surface area (Å²) >= 11 is 0. The normalized spacial score (nSPS) is 14.7. The number of sulfonamides is 1. The van der Waals surface area contributed by atoms with Gasteiger partial charge in [-0.3, -0.25) is 14.9 Å². The maximum Gasteiger partial charge on any atom is 0.292 e. The molecule has 0 unspecified atom stereocenters. The van der Waals surface area contributed by atoms with Crippen molar-refractivity contribution in [1.29, 1.82) is 0 Å². The predicted octanol–water partition coefficient (Wildman–Crippen LogP) is 2.89. The van der Waals surface area contributed by atoms with E-state index < -0.39 is 14.9 Å². The summed E-state index contributed by atoms with van der Waals surface area (Å²) in [5.41, 5.74) is 1.12. The fourth-order valence-corrected chi connectivity index (χ4v) is 4.93. The number of piperidine rings is 1. The van der Waals surface area contributed by atoms with Crippen LogP contribution in [0.1, 0.15) is 31.2 Å². The number of carbonyl (C=O) groups is 1. The molecule has 0 aromatic heterocycles. The van der Waals surface area contributed by atoms with Gasteiger partial charge < -0.3 is 10.6 Å². The molecule has 1 aliphatic heterocycles. The Kier molecular flexibility index (Phi) is 7.59. The first-order valence-corrected chi connectivity index (χ1v) is 11.6. The maximum atomic E-state index is 12.7. The Morgan fingerprint density at radius 3 is 2.39 bits per heavy atom. The first-order valence-electron chi connectivity index (χ1n) is 10.2. The van der Waals surface area contributed by atoms with Gasteiger partial charge in [0.1, 0.15) is 5.69 Å². The number of nitro benzene ring substituents is 1. The molecular weight excluding hydrogens is 420 g/mol. The lowest BCUT2D eigenvalue weighted by atomic mass is 10.2. The number of nitrogens with one attached hydrogen (secondary N) is 2. The molecule has 0 atom stereocenters. The van der Waals surface area contributed by atoms with Gasteiger partial charge in [0.25, 0.3) is 5.69 Å². The first kappa shape index (κ1) is 22.7. The molecule has 2 aromatic rings. The van der Waals surface area contributed by atoms with Crippen LogP contribution in [0.2, 0.25) is 0 Å². The summed E-state index contributed by atoms with van der Waals surface area (Å²) in [5.74, 6) is -0.212. The van der Waals surface area contributed by atoms with Gasteiger partial charge in [0, 0.05) is 38.7 Å². The zero-order valence-corrected chi connectivity index (χ0v) is 17.9. The quantitative estimate of drug-likeness (QED) is 0.451. The molecule has 3 rings (SSSR count). The van der Waals surface area contributed by atoms with Gasteiger partial charge in [-0.15, -0.1) is 0 Å². The second-order valence-corrected chi connectivity index (χ2v) is 9.27. The number of hydrogen-bond acceptors (Lipinski definition) is 6. The molecule has 1 fully saturated rings. The van der Waals surface area contributed by atoms with E-state index in [1.54, 1.807) is 42.5 Å². The molecule has 2 aromatic carbocycles. The summed E-state index contributed by atoms with van der Waals surface area (Å²) < 4.78 is 26.9. The van der Waals surface area contributed by atoms with E-state index in [0.717, 1.165) is 24.8 Å². The largest absolute Gasteiger partial charge is 0.379 e. The average Bonchev–Trinajstić information content (AvgIpc) is 2.79. The molecule has 1 saturated heterocycles. The third-order valence-electron chi connectivity index (χ3n) is 5.13. The number of nitrogens with zero attached hydrogens (tertiary/aromatic N) is 2. The smallest absolute Gasteiger partial charge is 0.292 e. The molecular formula is C21H26N4O5S. The second kappa shape index (κ2) is 10.4. The summed E-state index contributed by atoms with van der Waals surface area (Å²) in [6.45, 7) is 1.64. The van der Waals surface area contributed by atoms with Crippen LogP contribution < -0.4 is 10.6 Å². The van der Waals surface area contributed by atoms with Crippen molar-refractivity contribution >= 4 is 27.3 Å². The van der Waals surface area contributed by atoms with E-state index in [-0.39, 0.29) is 36.0 Å². The zero-order valence-electron chi connectivity index (χ0n) is 17.1.